The number of rotatable bonds is 1. The van der Waals surface area contributed by atoms with Crippen LogP contribution in [0.5, 0.6) is 5.75 Å². The predicted octanol–water partition coefficient (Wildman–Crippen LogP) is 5.20. The molecule has 0 saturated heterocycles. The molecule has 3 aliphatic rings. The van der Waals surface area contributed by atoms with Crippen molar-refractivity contribution in [3.05, 3.63) is 74.9 Å². The first-order valence-electron chi connectivity index (χ1n) is 9.74. The first-order valence-corrected chi connectivity index (χ1v) is 10.5. The van der Waals surface area contributed by atoms with Crippen molar-refractivity contribution in [3.8, 4) is 5.75 Å². The Morgan fingerprint density at radius 2 is 1.76 bits per heavy atom. The quantitative estimate of drug-likeness (QED) is 0.650. The van der Waals surface area contributed by atoms with Crippen LogP contribution in [0.25, 0.3) is 0 Å². The van der Waals surface area contributed by atoms with Gasteiger partial charge in [0.1, 0.15) is 5.75 Å². The summed E-state index contributed by atoms with van der Waals surface area (Å²) in [6.45, 7) is 4.14. The number of hydrogen-bond donors (Lipinski definition) is 1. The van der Waals surface area contributed by atoms with E-state index in [9.17, 15) is 14.7 Å². The Balaban J connectivity index is 1.80. The second kappa shape index (κ2) is 6.23. The molecule has 0 spiro atoms. The normalized spacial score (nSPS) is 24.7. The van der Waals surface area contributed by atoms with Gasteiger partial charge < -0.3 is 5.11 Å². The zero-order valence-corrected chi connectivity index (χ0v) is 17.8. The van der Waals surface area contributed by atoms with Gasteiger partial charge in [-0.15, -0.1) is 0 Å². The molecule has 2 aromatic carbocycles. The van der Waals surface area contributed by atoms with E-state index in [1.165, 1.54) is 0 Å². The first-order chi connectivity index (χ1) is 13.8. The third kappa shape index (κ3) is 2.75. The lowest BCUT2D eigenvalue weighted by Gasteiger charge is -2.38. The lowest BCUT2D eigenvalue weighted by molar-refractivity contribution is -0.118. The molecule has 0 fully saturated rings. The number of nitrogens with zero attached hydrogens (tertiary/aromatic N) is 1. The van der Waals surface area contributed by atoms with Gasteiger partial charge in [-0.25, -0.2) is 0 Å². The second-order valence-corrected chi connectivity index (χ2v) is 9.78. The SMILES string of the molecule is CC1(C)CC(=O)C2=C(C1)N=C1c3ccccc3C(=O)[C@H]1[C@@H]2c1cc(Br)ccc1O. The molecule has 2 aliphatic carbocycles. The summed E-state index contributed by atoms with van der Waals surface area (Å²) in [5, 5.41) is 10.7. The predicted molar refractivity (Wildman–Crippen MR) is 114 cm³/mol. The molecule has 0 saturated carbocycles. The Kier molecular flexibility index (Phi) is 3.97. The van der Waals surface area contributed by atoms with Crippen molar-refractivity contribution in [1.82, 2.24) is 0 Å². The van der Waals surface area contributed by atoms with Crippen molar-refractivity contribution in [3.63, 3.8) is 0 Å². The van der Waals surface area contributed by atoms with Gasteiger partial charge in [0, 0.05) is 44.8 Å². The molecule has 5 heteroatoms. The summed E-state index contributed by atoms with van der Waals surface area (Å²) in [6, 6.07) is 12.7. The fourth-order valence-electron chi connectivity index (χ4n) is 5.00. The Morgan fingerprint density at radius 1 is 1.03 bits per heavy atom. The highest BCUT2D eigenvalue weighted by Gasteiger charge is 2.50. The van der Waals surface area contributed by atoms with Crippen molar-refractivity contribution >= 4 is 33.2 Å². The van der Waals surface area contributed by atoms with E-state index >= 15 is 0 Å². The van der Waals surface area contributed by atoms with Crippen molar-refractivity contribution in [1.29, 1.82) is 0 Å². The Morgan fingerprint density at radius 3 is 2.52 bits per heavy atom. The summed E-state index contributed by atoms with van der Waals surface area (Å²) in [7, 11) is 0. The molecule has 146 valence electrons. The summed E-state index contributed by atoms with van der Waals surface area (Å²) in [5.41, 5.74) is 3.96. The molecule has 1 aliphatic heterocycles. The Hall–Kier alpha value is -2.53. The fourth-order valence-corrected chi connectivity index (χ4v) is 5.37. The van der Waals surface area contributed by atoms with Crippen LogP contribution in [0, 0.1) is 11.3 Å². The van der Waals surface area contributed by atoms with Crippen LogP contribution < -0.4 is 0 Å². The van der Waals surface area contributed by atoms with E-state index in [1.54, 1.807) is 12.1 Å². The minimum absolute atomic E-state index is 0.0205. The zero-order valence-electron chi connectivity index (χ0n) is 16.2. The first kappa shape index (κ1) is 18.5. The van der Waals surface area contributed by atoms with Crippen LogP contribution in [0.1, 0.15) is 54.1 Å². The van der Waals surface area contributed by atoms with E-state index in [0.29, 0.717) is 29.5 Å². The number of ketones is 2. The molecular weight excluding hydrogens is 430 g/mol. The largest absolute Gasteiger partial charge is 0.508 e. The van der Waals surface area contributed by atoms with Gasteiger partial charge >= 0.3 is 0 Å². The summed E-state index contributed by atoms with van der Waals surface area (Å²) in [5.74, 6) is -1.04. The van der Waals surface area contributed by atoms with Gasteiger partial charge in [0.25, 0.3) is 0 Å². The van der Waals surface area contributed by atoms with Crippen LogP contribution >= 0.6 is 15.9 Å². The smallest absolute Gasteiger partial charge is 0.173 e. The lowest BCUT2D eigenvalue weighted by atomic mass is 9.66. The molecule has 0 bridgehead atoms. The molecule has 0 amide bonds. The van der Waals surface area contributed by atoms with Gasteiger partial charge in [0.2, 0.25) is 0 Å². The maximum absolute atomic E-state index is 13.4. The van der Waals surface area contributed by atoms with Crippen molar-refractivity contribution < 1.29 is 14.7 Å². The lowest BCUT2D eigenvalue weighted by Crippen LogP contribution is -2.37. The van der Waals surface area contributed by atoms with E-state index in [-0.39, 0.29) is 22.7 Å². The highest BCUT2D eigenvalue weighted by molar-refractivity contribution is 9.10. The topological polar surface area (TPSA) is 66.7 Å². The third-order valence-electron chi connectivity index (χ3n) is 6.17. The van der Waals surface area contributed by atoms with Crippen LogP contribution in [-0.2, 0) is 4.79 Å². The number of fused-ring (bicyclic) bond motifs is 3. The number of Topliss-reactive ketones (excluding diaryl/α,β-unsaturated/α-hetero) is 2. The van der Waals surface area contributed by atoms with Gasteiger partial charge in [-0.1, -0.05) is 54.0 Å². The number of hydrogen-bond acceptors (Lipinski definition) is 4. The molecule has 0 radical (unpaired) electrons. The highest BCUT2D eigenvalue weighted by atomic mass is 79.9. The number of aromatic hydroxyl groups is 1. The number of phenolic OH excluding ortho intramolecular Hbond substituents is 1. The summed E-state index contributed by atoms with van der Waals surface area (Å²) >= 11 is 3.47. The second-order valence-electron chi connectivity index (χ2n) is 8.87. The molecule has 4 nitrogen and oxygen atoms in total. The molecule has 2 aromatic rings. The molecule has 0 aromatic heterocycles. The number of halogens is 1. The Labute approximate surface area is 177 Å². The van der Waals surface area contributed by atoms with Gasteiger partial charge in [-0.2, -0.15) is 0 Å². The van der Waals surface area contributed by atoms with Gasteiger partial charge in [0.15, 0.2) is 11.6 Å². The molecular formula is C24H20BrNO3. The van der Waals surface area contributed by atoms with Crippen molar-refractivity contribution in [2.75, 3.05) is 0 Å². The van der Waals surface area contributed by atoms with Crippen LogP contribution in [0.15, 0.2) is 63.2 Å². The van der Waals surface area contributed by atoms with Crippen molar-refractivity contribution in [2.45, 2.75) is 32.6 Å². The zero-order chi connectivity index (χ0) is 20.5. The van der Waals surface area contributed by atoms with Crippen LogP contribution in [0.4, 0.5) is 0 Å². The molecule has 1 heterocycles. The van der Waals surface area contributed by atoms with E-state index in [1.807, 2.05) is 30.3 Å². The number of carbonyl (C=O) groups excluding carboxylic acids is 2. The summed E-state index contributed by atoms with van der Waals surface area (Å²) < 4.78 is 0.795. The minimum atomic E-state index is -0.587. The standard InChI is InChI=1S/C24H20BrNO3/c1-24(2)10-16-20(18(28)11-24)19(15-9-12(25)7-8-17(15)27)21-22(26-16)13-5-3-4-6-14(13)23(21)29/h3-9,19,21,27H,10-11H2,1-2H3/t19-,21+/m1/s1. The molecule has 1 N–H and O–H groups in total. The van der Waals surface area contributed by atoms with Crippen molar-refractivity contribution in [2.24, 2.45) is 16.3 Å². The minimum Gasteiger partial charge on any atom is -0.508 e. The van der Waals surface area contributed by atoms with Gasteiger partial charge in [-0.05, 0) is 30.0 Å². The molecule has 5 rings (SSSR count). The number of allylic oxidation sites excluding steroid dienone is 2. The number of benzene rings is 2. The van der Waals surface area contributed by atoms with E-state index < -0.39 is 11.8 Å². The molecule has 29 heavy (non-hydrogen) atoms. The number of carbonyl (C=O) groups is 2. The fraction of sp³-hybridized carbons (Fsp3) is 0.292. The van der Waals surface area contributed by atoms with E-state index in [2.05, 4.69) is 29.8 Å². The maximum atomic E-state index is 13.4. The van der Waals surface area contributed by atoms with Crippen LogP contribution in [0.2, 0.25) is 0 Å². The summed E-state index contributed by atoms with van der Waals surface area (Å²) in [6.07, 6.45) is 1.09. The maximum Gasteiger partial charge on any atom is 0.173 e. The Bertz CT molecular complexity index is 1160. The highest BCUT2D eigenvalue weighted by Crippen LogP contribution is 2.52. The average molecular weight is 450 g/mol. The van der Waals surface area contributed by atoms with E-state index in [0.717, 1.165) is 21.4 Å². The molecule has 2 atom stereocenters. The number of aliphatic imine (C=N–C) groups is 1. The number of phenols is 1. The van der Waals surface area contributed by atoms with Crippen LogP contribution in [0.3, 0.4) is 0 Å². The van der Waals surface area contributed by atoms with Crippen LogP contribution in [-0.4, -0.2) is 22.4 Å². The molecule has 0 unspecified atom stereocenters. The van der Waals surface area contributed by atoms with E-state index in [4.69, 9.17) is 4.99 Å². The average Bonchev–Trinajstić information content (AvgIpc) is 2.94. The summed E-state index contributed by atoms with van der Waals surface area (Å²) in [4.78, 5) is 31.6. The third-order valence-corrected chi connectivity index (χ3v) is 6.66. The van der Waals surface area contributed by atoms with Gasteiger partial charge in [-0.3, -0.25) is 14.6 Å². The monoisotopic (exact) mass is 449 g/mol. The van der Waals surface area contributed by atoms with Gasteiger partial charge in [0.05, 0.1) is 11.6 Å².